The molecule has 2 heterocycles. The molecule has 2 rings (SSSR count). The quantitative estimate of drug-likeness (QED) is 0.835. The fourth-order valence-corrected chi connectivity index (χ4v) is 2.81. The van der Waals surface area contributed by atoms with E-state index in [1.807, 2.05) is 23.4 Å². The lowest BCUT2D eigenvalue weighted by Gasteiger charge is -2.37. The van der Waals surface area contributed by atoms with Crippen LogP contribution in [0.4, 0.5) is 0 Å². The van der Waals surface area contributed by atoms with E-state index in [-0.39, 0.29) is 5.91 Å². The SMILES string of the molecule is CCN(CC(=O)N(C)Cc1cccs1)C1CNC1. The van der Waals surface area contributed by atoms with Crippen molar-refractivity contribution in [3.8, 4) is 0 Å². The summed E-state index contributed by atoms with van der Waals surface area (Å²) in [5, 5.41) is 5.30. The monoisotopic (exact) mass is 267 g/mol. The fraction of sp³-hybridized carbons (Fsp3) is 0.615. The van der Waals surface area contributed by atoms with Crippen molar-refractivity contribution in [3.63, 3.8) is 0 Å². The highest BCUT2D eigenvalue weighted by Crippen LogP contribution is 2.11. The van der Waals surface area contributed by atoms with E-state index in [2.05, 4.69) is 23.2 Å². The van der Waals surface area contributed by atoms with Crippen LogP contribution in [0, 0.1) is 0 Å². The van der Waals surface area contributed by atoms with Gasteiger partial charge in [0.15, 0.2) is 0 Å². The summed E-state index contributed by atoms with van der Waals surface area (Å²) >= 11 is 1.70. The van der Waals surface area contributed by atoms with Crippen LogP contribution in [-0.4, -0.2) is 55.0 Å². The van der Waals surface area contributed by atoms with Gasteiger partial charge in [-0.1, -0.05) is 13.0 Å². The highest BCUT2D eigenvalue weighted by molar-refractivity contribution is 7.09. The van der Waals surface area contributed by atoms with Gasteiger partial charge in [0.1, 0.15) is 0 Å². The Bertz CT molecular complexity index is 376. The molecule has 4 nitrogen and oxygen atoms in total. The minimum atomic E-state index is 0.206. The van der Waals surface area contributed by atoms with Crippen molar-refractivity contribution in [2.24, 2.45) is 0 Å². The molecule has 5 heteroatoms. The van der Waals surface area contributed by atoms with Crippen LogP contribution in [0.2, 0.25) is 0 Å². The summed E-state index contributed by atoms with van der Waals surface area (Å²) in [6.07, 6.45) is 0. The standard InChI is InChI=1S/C13H21N3OS/c1-3-16(11-7-14-8-11)10-13(17)15(2)9-12-5-4-6-18-12/h4-6,11,14H,3,7-10H2,1-2H3. The molecular weight excluding hydrogens is 246 g/mol. The summed E-state index contributed by atoms with van der Waals surface area (Å²) in [5.74, 6) is 0.206. The number of likely N-dealkylation sites (N-methyl/N-ethyl adjacent to an activating group) is 2. The van der Waals surface area contributed by atoms with E-state index in [4.69, 9.17) is 0 Å². The van der Waals surface area contributed by atoms with Crippen LogP contribution < -0.4 is 5.32 Å². The van der Waals surface area contributed by atoms with E-state index < -0.39 is 0 Å². The number of rotatable bonds is 6. The normalized spacial score (nSPS) is 15.7. The third-order valence-corrected chi connectivity index (χ3v) is 4.28. The molecular formula is C13H21N3OS. The molecule has 1 aromatic rings. The molecule has 0 aliphatic carbocycles. The Balaban J connectivity index is 1.82. The van der Waals surface area contributed by atoms with Crippen molar-refractivity contribution in [2.45, 2.75) is 19.5 Å². The van der Waals surface area contributed by atoms with Crippen molar-refractivity contribution in [2.75, 3.05) is 33.2 Å². The number of hydrogen-bond acceptors (Lipinski definition) is 4. The Kier molecular flexibility index (Phi) is 4.74. The lowest BCUT2D eigenvalue weighted by molar-refractivity contribution is -0.132. The Labute approximate surface area is 113 Å². The van der Waals surface area contributed by atoms with Gasteiger partial charge in [0.05, 0.1) is 13.1 Å². The first-order valence-corrected chi connectivity index (χ1v) is 7.29. The Morgan fingerprint density at radius 1 is 1.56 bits per heavy atom. The van der Waals surface area contributed by atoms with Gasteiger partial charge in [-0.25, -0.2) is 0 Å². The van der Waals surface area contributed by atoms with Gasteiger partial charge >= 0.3 is 0 Å². The van der Waals surface area contributed by atoms with Gasteiger partial charge in [0.25, 0.3) is 0 Å². The number of carbonyl (C=O) groups is 1. The molecule has 0 atom stereocenters. The number of amides is 1. The second-order valence-corrected chi connectivity index (χ2v) is 5.74. The first-order chi connectivity index (χ1) is 8.70. The highest BCUT2D eigenvalue weighted by atomic mass is 32.1. The Morgan fingerprint density at radius 3 is 2.83 bits per heavy atom. The van der Waals surface area contributed by atoms with E-state index in [9.17, 15) is 4.79 Å². The van der Waals surface area contributed by atoms with Gasteiger partial charge < -0.3 is 10.2 Å². The van der Waals surface area contributed by atoms with Crippen molar-refractivity contribution >= 4 is 17.2 Å². The average molecular weight is 267 g/mol. The molecule has 0 unspecified atom stereocenters. The highest BCUT2D eigenvalue weighted by Gasteiger charge is 2.25. The van der Waals surface area contributed by atoms with Gasteiger partial charge in [-0.15, -0.1) is 11.3 Å². The summed E-state index contributed by atoms with van der Waals surface area (Å²) in [5.41, 5.74) is 0. The summed E-state index contributed by atoms with van der Waals surface area (Å²) in [6, 6.07) is 4.63. The number of hydrogen-bond donors (Lipinski definition) is 1. The van der Waals surface area contributed by atoms with Crippen LogP contribution in [0.5, 0.6) is 0 Å². The largest absolute Gasteiger partial charge is 0.340 e. The van der Waals surface area contributed by atoms with E-state index in [1.165, 1.54) is 4.88 Å². The topological polar surface area (TPSA) is 35.6 Å². The van der Waals surface area contributed by atoms with Gasteiger partial charge in [0.2, 0.25) is 5.91 Å². The van der Waals surface area contributed by atoms with Crippen LogP contribution in [0.1, 0.15) is 11.8 Å². The van der Waals surface area contributed by atoms with E-state index in [0.29, 0.717) is 12.6 Å². The maximum Gasteiger partial charge on any atom is 0.236 e. The summed E-state index contributed by atoms with van der Waals surface area (Å²) < 4.78 is 0. The molecule has 0 aromatic carbocycles. The predicted octanol–water partition coefficient (Wildman–Crippen LogP) is 1.00. The molecule has 1 aliphatic rings. The van der Waals surface area contributed by atoms with Gasteiger partial charge in [-0.05, 0) is 18.0 Å². The number of thiophene rings is 1. The second-order valence-electron chi connectivity index (χ2n) is 4.70. The van der Waals surface area contributed by atoms with Crippen molar-refractivity contribution < 1.29 is 4.79 Å². The smallest absolute Gasteiger partial charge is 0.236 e. The van der Waals surface area contributed by atoms with Crippen molar-refractivity contribution in [3.05, 3.63) is 22.4 Å². The summed E-state index contributed by atoms with van der Waals surface area (Å²) in [7, 11) is 1.88. The van der Waals surface area contributed by atoms with E-state index >= 15 is 0 Å². The zero-order valence-corrected chi connectivity index (χ0v) is 11.9. The van der Waals surface area contributed by atoms with Gasteiger partial charge in [-0.3, -0.25) is 9.69 Å². The summed E-state index contributed by atoms with van der Waals surface area (Å²) in [4.78, 5) is 17.5. The lowest BCUT2D eigenvalue weighted by atomic mass is 10.1. The molecule has 18 heavy (non-hydrogen) atoms. The Hall–Kier alpha value is -0.910. The maximum atomic E-state index is 12.2. The van der Waals surface area contributed by atoms with Crippen LogP contribution in [0.25, 0.3) is 0 Å². The first-order valence-electron chi connectivity index (χ1n) is 6.41. The number of carbonyl (C=O) groups excluding carboxylic acids is 1. The molecule has 0 spiro atoms. The molecule has 0 bridgehead atoms. The van der Waals surface area contributed by atoms with Crippen molar-refractivity contribution in [1.29, 1.82) is 0 Å². The first kappa shape index (κ1) is 13.5. The van der Waals surface area contributed by atoms with Crippen LogP contribution in [-0.2, 0) is 11.3 Å². The van der Waals surface area contributed by atoms with Crippen LogP contribution in [0.3, 0.4) is 0 Å². The third-order valence-electron chi connectivity index (χ3n) is 3.42. The second kappa shape index (κ2) is 6.31. The Morgan fingerprint density at radius 2 is 2.33 bits per heavy atom. The lowest BCUT2D eigenvalue weighted by Crippen LogP contribution is -2.58. The number of nitrogens with one attached hydrogen (secondary N) is 1. The predicted molar refractivity (Wildman–Crippen MR) is 74.7 cm³/mol. The van der Waals surface area contributed by atoms with E-state index in [0.717, 1.165) is 26.2 Å². The molecule has 0 radical (unpaired) electrons. The molecule has 1 saturated heterocycles. The molecule has 1 aliphatic heterocycles. The van der Waals surface area contributed by atoms with Gasteiger partial charge in [0, 0.05) is 31.1 Å². The fourth-order valence-electron chi connectivity index (χ4n) is 2.05. The molecule has 100 valence electrons. The summed E-state index contributed by atoms with van der Waals surface area (Å²) in [6.45, 7) is 6.32. The maximum absolute atomic E-state index is 12.2. The third kappa shape index (κ3) is 3.31. The zero-order chi connectivity index (χ0) is 13.0. The van der Waals surface area contributed by atoms with Crippen LogP contribution in [0.15, 0.2) is 17.5 Å². The van der Waals surface area contributed by atoms with E-state index in [1.54, 1.807) is 11.3 Å². The molecule has 1 N–H and O–H groups in total. The molecule has 0 saturated carbocycles. The molecule has 1 aromatic heterocycles. The molecule has 1 fully saturated rings. The molecule has 1 amide bonds. The van der Waals surface area contributed by atoms with Crippen molar-refractivity contribution in [1.82, 2.24) is 15.1 Å². The number of nitrogens with zero attached hydrogens (tertiary/aromatic N) is 2. The van der Waals surface area contributed by atoms with Crippen LogP contribution >= 0.6 is 11.3 Å². The minimum absolute atomic E-state index is 0.206. The zero-order valence-electron chi connectivity index (χ0n) is 11.1. The minimum Gasteiger partial charge on any atom is -0.340 e. The van der Waals surface area contributed by atoms with Gasteiger partial charge in [-0.2, -0.15) is 0 Å². The average Bonchev–Trinajstić information content (AvgIpc) is 2.78.